The lowest BCUT2D eigenvalue weighted by molar-refractivity contribution is 0.433. The Balaban J connectivity index is 2.74. The zero-order valence-corrected chi connectivity index (χ0v) is 7.69. The number of sulfonamides is 1. The molecule has 1 atom stereocenters. The molecule has 0 aromatic carbocycles. The molecule has 66 valence electrons. The Hall–Kier alpha value is -0.130. The Morgan fingerprint density at radius 3 is 2.82 bits per heavy atom. The third kappa shape index (κ3) is 2.15. The molecular formula is C6H14N2O2S. The molecule has 1 rings (SSSR count). The monoisotopic (exact) mass is 178 g/mol. The molecule has 1 aliphatic heterocycles. The molecule has 0 amide bonds. The highest BCUT2D eigenvalue weighted by atomic mass is 32.2. The summed E-state index contributed by atoms with van der Waals surface area (Å²) in [6.45, 7) is 3.12. The van der Waals surface area contributed by atoms with E-state index in [2.05, 4.69) is 5.32 Å². The maximum absolute atomic E-state index is 11.2. The predicted octanol–water partition coefficient (Wildman–Crippen LogP) is -0.760. The van der Waals surface area contributed by atoms with E-state index in [-0.39, 0.29) is 11.8 Å². The highest BCUT2D eigenvalue weighted by Crippen LogP contribution is 2.02. The molecule has 1 N–H and O–H groups in total. The van der Waals surface area contributed by atoms with E-state index < -0.39 is 10.0 Å². The average Bonchev–Trinajstić information content (AvgIpc) is 1.94. The van der Waals surface area contributed by atoms with Crippen molar-refractivity contribution in [3.8, 4) is 0 Å². The van der Waals surface area contributed by atoms with E-state index in [1.807, 2.05) is 6.92 Å². The summed E-state index contributed by atoms with van der Waals surface area (Å²) in [5, 5.41) is 3.11. The molecule has 1 fully saturated rings. The first kappa shape index (κ1) is 8.96. The molecule has 0 aliphatic carbocycles. The van der Waals surface area contributed by atoms with E-state index in [1.165, 1.54) is 4.31 Å². The number of likely N-dealkylation sites (N-methyl/N-ethyl adjacent to an activating group) is 1. The van der Waals surface area contributed by atoms with Gasteiger partial charge in [0.15, 0.2) is 0 Å². The number of nitrogens with one attached hydrogen (secondary N) is 1. The van der Waals surface area contributed by atoms with Gasteiger partial charge in [-0.25, -0.2) is 12.7 Å². The standard InChI is InChI=1S/C6H14N2O2S/c1-6-5-8(2)11(9,10)4-3-7-6/h6-7H,3-5H2,1-2H3. The van der Waals surface area contributed by atoms with Crippen molar-refractivity contribution in [3.63, 3.8) is 0 Å². The van der Waals surface area contributed by atoms with Crippen molar-refractivity contribution < 1.29 is 8.42 Å². The maximum Gasteiger partial charge on any atom is 0.215 e. The van der Waals surface area contributed by atoms with Gasteiger partial charge in [0, 0.05) is 26.2 Å². The number of hydrogen-bond acceptors (Lipinski definition) is 3. The fourth-order valence-corrected chi connectivity index (χ4v) is 2.29. The van der Waals surface area contributed by atoms with Gasteiger partial charge in [-0.2, -0.15) is 0 Å². The highest BCUT2D eigenvalue weighted by molar-refractivity contribution is 7.89. The van der Waals surface area contributed by atoms with Gasteiger partial charge in [-0.05, 0) is 6.92 Å². The highest BCUT2D eigenvalue weighted by Gasteiger charge is 2.22. The van der Waals surface area contributed by atoms with Crippen molar-refractivity contribution >= 4 is 10.0 Å². The van der Waals surface area contributed by atoms with Crippen LogP contribution in [0.2, 0.25) is 0 Å². The molecule has 0 aromatic heterocycles. The number of nitrogens with zero attached hydrogens (tertiary/aromatic N) is 1. The molecule has 1 aliphatic rings. The first-order valence-corrected chi connectivity index (χ1v) is 5.31. The summed E-state index contributed by atoms with van der Waals surface area (Å²) in [5.74, 6) is 0.216. The maximum atomic E-state index is 11.2. The van der Waals surface area contributed by atoms with E-state index in [4.69, 9.17) is 0 Å². The van der Waals surface area contributed by atoms with Crippen LogP contribution in [0.5, 0.6) is 0 Å². The summed E-state index contributed by atoms with van der Waals surface area (Å²) in [6.07, 6.45) is 0. The molecule has 5 heteroatoms. The van der Waals surface area contributed by atoms with Crippen LogP contribution >= 0.6 is 0 Å². The quantitative estimate of drug-likeness (QED) is 0.530. The fourth-order valence-electron chi connectivity index (χ4n) is 1.15. The number of rotatable bonds is 0. The molecule has 4 nitrogen and oxygen atoms in total. The summed E-state index contributed by atoms with van der Waals surface area (Å²) in [4.78, 5) is 0. The lowest BCUT2D eigenvalue weighted by Crippen LogP contribution is -2.34. The van der Waals surface area contributed by atoms with Crippen LogP contribution in [0.25, 0.3) is 0 Å². The summed E-state index contributed by atoms with van der Waals surface area (Å²) >= 11 is 0. The Kier molecular flexibility index (Phi) is 2.51. The van der Waals surface area contributed by atoms with E-state index in [9.17, 15) is 8.42 Å². The van der Waals surface area contributed by atoms with Gasteiger partial charge in [-0.3, -0.25) is 0 Å². The van der Waals surface area contributed by atoms with Crippen molar-refractivity contribution in [1.82, 2.24) is 9.62 Å². The van der Waals surface area contributed by atoms with Gasteiger partial charge >= 0.3 is 0 Å². The smallest absolute Gasteiger partial charge is 0.215 e. The van der Waals surface area contributed by atoms with Crippen LogP contribution in [0, 0.1) is 0 Å². The van der Waals surface area contributed by atoms with Crippen LogP contribution in [0.3, 0.4) is 0 Å². The zero-order chi connectivity index (χ0) is 8.48. The van der Waals surface area contributed by atoms with Crippen molar-refractivity contribution in [2.24, 2.45) is 0 Å². The van der Waals surface area contributed by atoms with E-state index in [1.54, 1.807) is 7.05 Å². The summed E-state index contributed by atoms with van der Waals surface area (Å²) < 4.78 is 23.9. The van der Waals surface area contributed by atoms with Crippen LogP contribution < -0.4 is 5.32 Å². The third-order valence-electron chi connectivity index (χ3n) is 1.86. The molecule has 0 spiro atoms. The Morgan fingerprint density at radius 1 is 1.55 bits per heavy atom. The molecule has 0 radical (unpaired) electrons. The van der Waals surface area contributed by atoms with Crippen LogP contribution in [0.15, 0.2) is 0 Å². The lowest BCUT2D eigenvalue weighted by Gasteiger charge is -2.15. The SMILES string of the molecule is CC1CN(C)S(=O)(=O)CCN1. The van der Waals surface area contributed by atoms with E-state index >= 15 is 0 Å². The van der Waals surface area contributed by atoms with E-state index in [0.29, 0.717) is 13.1 Å². The second-order valence-electron chi connectivity index (χ2n) is 2.95. The van der Waals surface area contributed by atoms with Crippen molar-refractivity contribution in [1.29, 1.82) is 0 Å². The van der Waals surface area contributed by atoms with Gasteiger partial charge in [-0.1, -0.05) is 0 Å². The Labute approximate surface area is 67.6 Å². The fraction of sp³-hybridized carbons (Fsp3) is 1.00. The predicted molar refractivity (Wildman–Crippen MR) is 43.9 cm³/mol. The molecule has 1 unspecified atom stereocenters. The minimum Gasteiger partial charge on any atom is -0.312 e. The average molecular weight is 178 g/mol. The van der Waals surface area contributed by atoms with Crippen LogP contribution in [0.1, 0.15) is 6.92 Å². The van der Waals surface area contributed by atoms with Gasteiger partial charge in [-0.15, -0.1) is 0 Å². The lowest BCUT2D eigenvalue weighted by atomic mass is 10.3. The minimum absolute atomic E-state index is 0.216. The third-order valence-corrected chi connectivity index (χ3v) is 3.68. The van der Waals surface area contributed by atoms with Gasteiger partial charge < -0.3 is 5.32 Å². The van der Waals surface area contributed by atoms with Crippen molar-refractivity contribution in [2.75, 3.05) is 25.9 Å². The Morgan fingerprint density at radius 2 is 2.18 bits per heavy atom. The molecule has 1 heterocycles. The molecule has 11 heavy (non-hydrogen) atoms. The van der Waals surface area contributed by atoms with Crippen molar-refractivity contribution in [3.05, 3.63) is 0 Å². The number of hydrogen-bond donors (Lipinski definition) is 1. The van der Waals surface area contributed by atoms with Crippen molar-refractivity contribution in [2.45, 2.75) is 13.0 Å². The first-order chi connectivity index (χ1) is 5.02. The first-order valence-electron chi connectivity index (χ1n) is 3.70. The van der Waals surface area contributed by atoms with Crippen LogP contribution in [-0.2, 0) is 10.0 Å². The van der Waals surface area contributed by atoms with Crippen LogP contribution in [-0.4, -0.2) is 44.7 Å². The molecular weight excluding hydrogens is 164 g/mol. The van der Waals surface area contributed by atoms with Gasteiger partial charge in [0.2, 0.25) is 10.0 Å². The largest absolute Gasteiger partial charge is 0.312 e. The summed E-state index contributed by atoms with van der Waals surface area (Å²) in [6, 6.07) is 0.261. The normalized spacial score (nSPS) is 33.1. The zero-order valence-electron chi connectivity index (χ0n) is 6.87. The van der Waals surface area contributed by atoms with Crippen LogP contribution in [0.4, 0.5) is 0 Å². The summed E-state index contributed by atoms with van der Waals surface area (Å²) in [5.41, 5.74) is 0. The second kappa shape index (κ2) is 3.08. The van der Waals surface area contributed by atoms with E-state index in [0.717, 1.165) is 0 Å². The van der Waals surface area contributed by atoms with Gasteiger partial charge in [0.25, 0.3) is 0 Å². The molecule has 0 bridgehead atoms. The van der Waals surface area contributed by atoms with Gasteiger partial charge in [0.05, 0.1) is 5.75 Å². The summed E-state index contributed by atoms with van der Waals surface area (Å²) in [7, 11) is -1.34. The van der Waals surface area contributed by atoms with Gasteiger partial charge in [0.1, 0.15) is 0 Å². The molecule has 1 saturated heterocycles. The molecule has 0 aromatic rings. The molecule has 0 saturated carbocycles. The second-order valence-corrected chi connectivity index (χ2v) is 5.15. The Bertz CT molecular complexity index is 225. The minimum atomic E-state index is -2.96. The topological polar surface area (TPSA) is 49.4 Å².